The summed E-state index contributed by atoms with van der Waals surface area (Å²) in [4.78, 5) is 28.9. The number of benzene rings is 1. The first-order valence-corrected chi connectivity index (χ1v) is 13.0. The molecule has 2 aromatic rings. The topological polar surface area (TPSA) is 65.5 Å². The minimum Gasteiger partial charge on any atom is -0.458 e. The summed E-state index contributed by atoms with van der Waals surface area (Å²) in [5, 5.41) is 0. The first-order valence-electron chi connectivity index (χ1n) is 13.0. The van der Waals surface area contributed by atoms with Crippen molar-refractivity contribution in [2.24, 2.45) is 5.41 Å². The third-order valence-corrected chi connectivity index (χ3v) is 6.60. The molecule has 0 N–H and O–H groups in total. The molecule has 0 radical (unpaired) electrons. The number of rotatable bonds is 9. The third kappa shape index (κ3) is 8.27. The second-order valence-corrected chi connectivity index (χ2v) is 10.2. The van der Waals surface area contributed by atoms with Crippen LogP contribution in [0.25, 0.3) is 0 Å². The molecule has 1 aromatic carbocycles. The lowest BCUT2D eigenvalue weighted by Crippen LogP contribution is -2.19. The van der Waals surface area contributed by atoms with Crippen LogP contribution in [0, 0.1) is 5.41 Å². The zero-order valence-corrected chi connectivity index (χ0v) is 23.0. The van der Waals surface area contributed by atoms with E-state index in [1.807, 2.05) is 25.2 Å². The van der Waals surface area contributed by atoms with Crippen molar-refractivity contribution in [2.45, 2.75) is 53.9 Å². The van der Waals surface area contributed by atoms with Gasteiger partial charge in [-0.2, -0.15) is 0 Å². The Morgan fingerprint density at radius 3 is 2.55 bits per heavy atom. The molecule has 198 valence electrons. The van der Waals surface area contributed by atoms with Crippen LogP contribution in [0.15, 0.2) is 108 Å². The monoisotopic (exact) mass is 511 g/mol. The van der Waals surface area contributed by atoms with Crippen molar-refractivity contribution in [1.29, 1.82) is 0 Å². The van der Waals surface area contributed by atoms with E-state index in [9.17, 15) is 9.59 Å². The average molecular weight is 512 g/mol. The van der Waals surface area contributed by atoms with E-state index in [1.54, 1.807) is 42.6 Å². The molecule has 1 heterocycles. The van der Waals surface area contributed by atoms with Gasteiger partial charge in [-0.25, -0.2) is 9.59 Å². The van der Waals surface area contributed by atoms with E-state index in [0.29, 0.717) is 5.56 Å². The number of esters is 2. The second-order valence-electron chi connectivity index (χ2n) is 10.2. The summed E-state index contributed by atoms with van der Waals surface area (Å²) in [6.45, 7) is 11.0. The first kappa shape index (κ1) is 28.6. The van der Waals surface area contributed by atoms with Crippen LogP contribution in [-0.2, 0) is 4.74 Å². The smallest absolute Gasteiger partial charge is 0.345 e. The van der Waals surface area contributed by atoms with Crippen molar-refractivity contribution in [1.82, 2.24) is 4.98 Å². The van der Waals surface area contributed by atoms with Gasteiger partial charge in [-0.05, 0) is 81.4 Å². The predicted molar refractivity (Wildman–Crippen MR) is 152 cm³/mol. The lowest BCUT2D eigenvalue weighted by Gasteiger charge is -2.32. The predicted octanol–water partition coefficient (Wildman–Crippen LogP) is 7.99. The van der Waals surface area contributed by atoms with Crippen LogP contribution in [0.5, 0.6) is 5.75 Å². The third-order valence-electron chi connectivity index (χ3n) is 6.60. The quantitative estimate of drug-likeness (QED) is 0.194. The highest BCUT2D eigenvalue weighted by Gasteiger charge is 2.26. The van der Waals surface area contributed by atoms with E-state index in [4.69, 9.17) is 9.47 Å². The summed E-state index contributed by atoms with van der Waals surface area (Å²) >= 11 is 0. The zero-order chi connectivity index (χ0) is 27.5. The Morgan fingerprint density at radius 2 is 1.82 bits per heavy atom. The maximum absolute atomic E-state index is 12.6. The van der Waals surface area contributed by atoms with Crippen molar-refractivity contribution >= 4 is 11.9 Å². The average Bonchev–Trinajstić information content (AvgIpc) is 2.88. The summed E-state index contributed by atoms with van der Waals surface area (Å²) in [5.41, 5.74) is 5.78. The van der Waals surface area contributed by atoms with Gasteiger partial charge in [-0.15, -0.1) is 0 Å². The second kappa shape index (κ2) is 13.5. The number of carbonyl (C=O) groups excluding carboxylic acids is 2. The van der Waals surface area contributed by atoms with Gasteiger partial charge in [0.1, 0.15) is 17.9 Å². The molecule has 0 saturated heterocycles. The Balaban J connectivity index is 1.55. The molecule has 0 fully saturated rings. The van der Waals surface area contributed by atoms with Gasteiger partial charge in [0.25, 0.3) is 0 Å². The molecule has 0 saturated carbocycles. The minimum absolute atomic E-state index is 0.102. The van der Waals surface area contributed by atoms with Gasteiger partial charge < -0.3 is 9.47 Å². The Bertz CT molecular complexity index is 1290. The fourth-order valence-corrected chi connectivity index (χ4v) is 4.39. The molecule has 0 aliphatic heterocycles. The summed E-state index contributed by atoms with van der Waals surface area (Å²) < 4.78 is 10.8. The molecule has 0 bridgehead atoms. The standard InChI is InChI=1S/C33H37NO4/c1-24(17-18-29-26(3)13-9-20-33(29,4)5)11-8-12-25(2)19-22-37-32(36)28-15-6-7-16-30(28)38-31(35)27-14-10-21-34-23-27/h6-8,10-12,14-19,21,23H,9,13,20,22H2,1-5H3/b12-8+,18-17+,24-11+,25-19+. The molecule has 1 aliphatic rings. The molecule has 1 aliphatic carbocycles. The number of allylic oxidation sites excluding steroid dienone is 9. The van der Waals surface area contributed by atoms with Gasteiger partial charge in [-0.1, -0.05) is 73.1 Å². The highest BCUT2D eigenvalue weighted by molar-refractivity contribution is 5.96. The molecular weight excluding hydrogens is 474 g/mol. The van der Waals surface area contributed by atoms with E-state index < -0.39 is 11.9 Å². The maximum Gasteiger partial charge on any atom is 0.345 e. The largest absolute Gasteiger partial charge is 0.458 e. The fraction of sp³-hybridized carbons (Fsp3) is 0.303. The molecule has 3 rings (SSSR count). The van der Waals surface area contributed by atoms with Gasteiger partial charge in [0.15, 0.2) is 0 Å². The van der Waals surface area contributed by atoms with Gasteiger partial charge in [0.05, 0.1) is 5.56 Å². The number of nitrogens with zero attached hydrogens (tertiary/aromatic N) is 1. The first-order chi connectivity index (χ1) is 18.2. The summed E-state index contributed by atoms with van der Waals surface area (Å²) in [5.74, 6) is -1.02. The lowest BCUT2D eigenvalue weighted by molar-refractivity contribution is 0.0543. The summed E-state index contributed by atoms with van der Waals surface area (Å²) in [6.07, 6.45) is 19.0. The van der Waals surface area contributed by atoms with Crippen LogP contribution in [0.3, 0.4) is 0 Å². The Kier molecular flexibility index (Phi) is 10.2. The number of pyridine rings is 1. The van der Waals surface area contributed by atoms with E-state index >= 15 is 0 Å². The van der Waals surface area contributed by atoms with Crippen molar-refractivity contribution < 1.29 is 19.1 Å². The minimum atomic E-state index is -0.591. The van der Waals surface area contributed by atoms with Crippen LogP contribution in [0.1, 0.15) is 74.6 Å². The number of aromatic nitrogens is 1. The van der Waals surface area contributed by atoms with Gasteiger partial charge in [0, 0.05) is 12.4 Å². The fourth-order valence-electron chi connectivity index (χ4n) is 4.39. The molecule has 1 aromatic heterocycles. The van der Waals surface area contributed by atoms with Gasteiger partial charge in [0.2, 0.25) is 0 Å². The highest BCUT2D eigenvalue weighted by atomic mass is 16.5. The zero-order valence-electron chi connectivity index (χ0n) is 23.0. The van der Waals surface area contributed by atoms with E-state index in [1.165, 1.54) is 42.2 Å². The van der Waals surface area contributed by atoms with E-state index in [-0.39, 0.29) is 23.3 Å². The lowest BCUT2D eigenvalue weighted by atomic mass is 9.72. The highest BCUT2D eigenvalue weighted by Crippen LogP contribution is 2.40. The Labute approximate surface area is 226 Å². The van der Waals surface area contributed by atoms with Crippen molar-refractivity contribution in [3.05, 3.63) is 119 Å². The summed E-state index contributed by atoms with van der Waals surface area (Å²) in [7, 11) is 0. The number of hydrogen-bond donors (Lipinski definition) is 0. The van der Waals surface area contributed by atoms with Crippen molar-refractivity contribution in [2.75, 3.05) is 6.61 Å². The number of para-hydroxylation sites is 1. The molecule has 5 nitrogen and oxygen atoms in total. The van der Waals surface area contributed by atoms with Crippen LogP contribution < -0.4 is 4.74 Å². The van der Waals surface area contributed by atoms with E-state index in [0.717, 1.165) is 5.57 Å². The Hall–Kier alpha value is -3.99. The molecular formula is C33H37NO4. The van der Waals surface area contributed by atoms with Crippen LogP contribution in [-0.4, -0.2) is 23.5 Å². The van der Waals surface area contributed by atoms with Crippen LogP contribution in [0.4, 0.5) is 0 Å². The van der Waals surface area contributed by atoms with Crippen LogP contribution in [0.2, 0.25) is 0 Å². The van der Waals surface area contributed by atoms with Gasteiger partial charge in [-0.3, -0.25) is 4.98 Å². The molecule has 5 heteroatoms. The number of ether oxygens (including phenoxy) is 2. The van der Waals surface area contributed by atoms with Crippen LogP contribution >= 0.6 is 0 Å². The molecule has 0 spiro atoms. The normalized spacial score (nSPS) is 16.2. The van der Waals surface area contributed by atoms with Gasteiger partial charge >= 0.3 is 11.9 Å². The molecule has 0 atom stereocenters. The molecule has 0 amide bonds. The van der Waals surface area contributed by atoms with Crippen molar-refractivity contribution in [3.8, 4) is 5.75 Å². The maximum atomic E-state index is 12.6. The number of hydrogen-bond acceptors (Lipinski definition) is 5. The number of carbonyl (C=O) groups is 2. The molecule has 0 unspecified atom stereocenters. The van der Waals surface area contributed by atoms with Crippen molar-refractivity contribution in [3.63, 3.8) is 0 Å². The molecule has 38 heavy (non-hydrogen) atoms. The summed E-state index contributed by atoms with van der Waals surface area (Å²) in [6, 6.07) is 9.75. The Morgan fingerprint density at radius 1 is 1.03 bits per heavy atom. The van der Waals surface area contributed by atoms with E-state index in [2.05, 4.69) is 50.9 Å². The SMILES string of the molecule is CC1=C(/C=C/C(C)=C/C=C/C(C)=C/COC(=O)c2ccccc2OC(=O)c2cccnc2)C(C)(C)CCC1.